The topological polar surface area (TPSA) is 103 Å². The van der Waals surface area contributed by atoms with Gasteiger partial charge in [0.25, 0.3) is 0 Å². The first-order valence-electron chi connectivity index (χ1n) is 6.37. The van der Waals surface area contributed by atoms with Gasteiger partial charge in [-0.2, -0.15) is 4.31 Å². The summed E-state index contributed by atoms with van der Waals surface area (Å²) in [4.78, 5) is 11.5. The van der Waals surface area contributed by atoms with Crippen molar-refractivity contribution in [2.75, 3.05) is 20.2 Å². The van der Waals surface area contributed by atoms with Crippen molar-refractivity contribution in [3.8, 4) is 0 Å². The summed E-state index contributed by atoms with van der Waals surface area (Å²) in [6.07, 6.45) is 0.994. The molecule has 21 heavy (non-hydrogen) atoms. The predicted octanol–water partition coefficient (Wildman–Crippen LogP) is 0.772. The summed E-state index contributed by atoms with van der Waals surface area (Å²) < 4.78 is 36.2. The molecule has 0 saturated carbocycles. The van der Waals surface area contributed by atoms with Crippen LogP contribution in [0.15, 0.2) is 15.4 Å². The van der Waals surface area contributed by atoms with E-state index in [9.17, 15) is 13.2 Å². The first kappa shape index (κ1) is 18.0. The second-order valence-corrected chi connectivity index (χ2v) is 6.56. The number of esters is 1. The molecule has 2 heterocycles. The number of aryl methyl sites for hydroxylation is 1. The number of hydrogen-bond acceptors (Lipinski definition) is 6. The fourth-order valence-corrected chi connectivity index (χ4v) is 3.93. The molecule has 1 aromatic heterocycles. The Morgan fingerprint density at radius 3 is 2.71 bits per heavy atom. The van der Waals surface area contributed by atoms with Crippen molar-refractivity contribution >= 4 is 28.4 Å². The van der Waals surface area contributed by atoms with Crippen LogP contribution >= 0.6 is 12.4 Å². The molecule has 1 aliphatic heterocycles. The van der Waals surface area contributed by atoms with E-state index in [1.165, 1.54) is 17.5 Å². The van der Waals surface area contributed by atoms with Gasteiger partial charge in [0.1, 0.15) is 10.7 Å². The smallest absolute Gasteiger partial charge is 0.373 e. The van der Waals surface area contributed by atoms with E-state index in [4.69, 9.17) is 10.2 Å². The number of halogens is 1. The Morgan fingerprint density at radius 2 is 2.24 bits per heavy atom. The van der Waals surface area contributed by atoms with Crippen molar-refractivity contribution < 1.29 is 22.4 Å². The lowest BCUT2D eigenvalue weighted by Gasteiger charge is -2.15. The Kier molecular flexibility index (Phi) is 5.80. The molecule has 1 atom stereocenters. The fraction of sp³-hybridized carbons (Fsp3) is 0.583. The van der Waals surface area contributed by atoms with Gasteiger partial charge in [0.2, 0.25) is 15.8 Å². The van der Waals surface area contributed by atoms with Gasteiger partial charge in [0.05, 0.1) is 7.11 Å². The van der Waals surface area contributed by atoms with Crippen LogP contribution in [0.3, 0.4) is 0 Å². The van der Waals surface area contributed by atoms with E-state index < -0.39 is 16.0 Å². The maximum absolute atomic E-state index is 12.5. The lowest BCUT2D eigenvalue weighted by molar-refractivity contribution is 0.0563. The Balaban J connectivity index is 0.00000220. The van der Waals surface area contributed by atoms with Crippen molar-refractivity contribution in [2.24, 2.45) is 5.73 Å². The maximum Gasteiger partial charge on any atom is 0.373 e. The Labute approximate surface area is 129 Å². The van der Waals surface area contributed by atoms with Gasteiger partial charge in [-0.15, -0.1) is 12.4 Å². The number of hydrogen-bond donors (Lipinski definition) is 1. The molecule has 0 unspecified atom stereocenters. The number of methoxy groups -OCH3 is 1. The van der Waals surface area contributed by atoms with Gasteiger partial charge >= 0.3 is 5.97 Å². The average Bonchev–Trinajstić information content (AvgIpc) is 3.04. The first-order chi connectivity index (χ1) is 9.40. The van der Waals surface area contributed by atoms with Crippen LogP contribution in [0.4, 0.5) is 0 Å². The van der Waals surface area contributed by atoms with Gasteiger partial charge in [-0.1, -0.05) is 6.92 Å². The number of ether oxygens (including phenoxy) is 1. The van der Waals surface area contributed by atoms with Crippen molar-refractivity contribution in [3.05, 3.63) is 17.6 Å². The van der Waals surface area contributed by atoms with E-state index in [1.54, 1.807) is 6.92 Å². The third-order valence-corrected chi connectivity index (χ3v) is 5.20. The molecule has 1 aromatic rings. The summed E-state index contributed by atoms with van der Waals surface area (Å²) in [6, 6.07) is 1.07. The lowest BCUT2D eigenvalue weighted by atomic mass is 10.3. The SMILES string of the molecule is CCc1oc(C(=O)OC)cc1S(=O)(=O)N1CC[C@@H](N)C1.Cl. The van der Waals surface area contributed by atoms with Gasteiger partial charge in [-0.3, -0.25) is 0 Å². The molecule has 2 rings (SSSR count). The third kappa shape index (κ3) is 3.39. The molecule has 2 N–H and O–H groups in total. The minimum Gasteiger partial charge on any atom is -0.463 e. The molecular formula is C12H19ClN2O5S. The van der Waals surface area contributed by atoms with Gasteiger partial charge in [-0.05, 0) is 6.42 Å². The largest absolute Gasteiger partial charge is 0.463 e. The van der Waals surface area contributed by atoms with Gasteiger partial charge in [-0.25, -0.2) is 13.2 Å². The summed E-state index contributed by atoms with van der Waals surface area (Å²) in [5.74, 6) is -0.545. The van der Waals surface area contributed by atoms with Crippen LogP contribution < -0.4 is 5.73 Å². The lowest BCUT2D eigenvalue weighted by Crippen LogP contribution is -2.32. The quantitative estimate of drug-likeness (QED) is 0.813. The summed E-state index contributed by atoms with van der Waals surface area (Å²) in [6.45, 7) is 2.42. The highest BCUT2D eigenvalue weighted by molar-refractivity contribution is 7.89. The van der Waals surface area contributed by atoms with Crippen molar-refractivity contribution in [2.45, 2.75) is 30.7 Å². The second kappa shape index (κ2) is 6.78. The molecule has 1 fully saturated rings. The number of carbonyl (C=O) groups is 1. The summed E-state index contributed by atoms with van der Waals surface area (Å²) in [5.41, 5.74) is 5.74. The van der Waals surface area contributed by atoms with E-state index in [-0.39, 0.29) is 41.4 Å². The Morgan fingerprint density at radius 1 is 1.57 bits per heavy atom. The zero-order valence-electron chi connectivity index (χ0n) is 11.9. The van der Waals surface area contributed by atoms with Gasteiger partial charge in [0, 0.05) is 31.6 Å². The molecule has 0 radical (unpaired) electrons. The zero-order valence-corrected chi connectivity index (χ0v) is 13.5. The van der Waals surface area contributed by atoms with E-state index in [0.29, 0.717) is 19.4 Å². The van der Waals surface area contributed by atoms with Crippen LogP contribution in [0, 0.1) is 0 Å². The molecule has 0 aromatic carbocycles. The Bertz CT molecular complexity index is 613. The molecule has 0 aliphatic carbocycles. The molecule has 120 valence electrons. The molecule has 0 spiro atoms. The summed E-state index contributed by atoms with van der Waals surface area (Å²) >= 11 is 0. The average molecular weight is 339 g/mol. The maximum atomic E-state index is 12.5. The number of furan rings is 1. The van der Waals surface area contributed by atoms with Crippen LogP contribution in [0.5, 0.6) is 0 Å². The molecule has 7 nitrogen and oxygen atoms in total. The van der Waals surface area contributed by atoms with Crippen LogP contribution in [0.25, 0.3) is 0 Å². The number of carbonyl (C=O) groups excluding carboxylic acids is 1. The van der Waals surface area contributed by atoms with E-state index in [2.05, 4.69) is 4.74 Å². The third-order valence-electron chi connectivity index (χ3n) is 3.28. The number of rotatable bonds is 4. The number of nitrogens with two attached hydrogens (primary N) is 1. The minimum absolute atomic E-state index is 0. The van der Waals surface area contributed by atoms with Crippen molar-refractivity contribution in [1.29, 1.82) is 0 Å². The minimum atomic E-state index is -3.68. The molecule has 0 bridgehead atoms. The first-order valence-corrected chi connectivity index (χ1v) is 7.81. The molecular weight excluding hydrogens is 320 g/mol. The van der Waals surface area contributed by atoms with Crippen LogP contribution in [-0.4, -0.2) is 44.9 Å². The van der Waals surface area contributed by atoms with Crippen LogP contribution in [0.2, 0.25) is 0 Å². The van der Waals surface area contributed by atoms with Gasteiger partial charge in [0.15, 0.2) is 0 Å². The monoisotopic (exact) mass is 338 g/mol. The highest BCUT2D eigenvalue weighted by Crippen LogP contribution is 2.27. The van der Waals surface area contributed by atoms with E-state index in [1.807, 2.05) is 0 Å². The highest BCUT2D eigenvalue weighted by atomic mass is 35.5. The molecule has 0 amide bonds. The number of nitrogens with zero attached hydrogens (tertiary/aromatic N) is 1. The second-order valence-electron chi connectivity index (χ2n) is 4.66. The van der Waals surface area contributed by atoms with Crippen molar-refractivity contribution in [3.63, 3.8) is 0 Å². The van der Waals surface area contributed by atoms with Crippen LogP contribution in [0.1, 0.15) is 29.7 Å². The predicted molar refractivity (Wildman–Crippen MR) is 78.0 cm³/mol. The zero-order chi connectivity index (χ0) is 14.9. The summed E-state index contributed by atoms with van der Waals surface area (Å²) in [7, 11) is -2.47. The van der Waals surface area contributed by atoms with E-state index in [0.717, 1.165) is 0 Å². The normalized spacial score (nSPS) is 19.3. The summed E-state index contributed by atoms with van der Waals surface area (Å²) in [5, 5.41) is 0. The molecule has 9 heteroatoms. The van der Waals surface area contributed by atoms with Crippen LogP contribution in [-0.2, 0) is 21.2 Å². The highest BCUT2D eigenvalue weighted by Gasteiger charge is 2.34. The van der Waals surface area contributed by atoms with E-state index >= 15 is 0 Å². The standard InChI is InChI=1S/C12H18N2O5S.ClH/c1-3-9-11(6-10(19-9)12(15)18-2)20(16,17)14-5-4-8(13)7-14;/h6,8H,3-5,7,13H2,1-2H3;1H/t8-;/m1./s1. The fourth-order valence-electron chi connectivity index (χ4n) is 2.19. The van der Waals surface area contributed by atoms with Gasteiger partial charge < -0.3 is 14.9 Å². The molecule has 1 aliphatic rings. The molecule has 1 saturated heterocycles. The number of sulfonamides is 1. The van der Waals surface area contributed by atoms with Crippen molar-refractivity contribution in [1.82, 2.24) is 4.31 Å². The Hall–Kier alpha value is -1.09.